The number of hydrogen-bond acceptors (Lipinski definition) is 4. The van der Waals surface area contributed by atoms with Gasteiger partial charge in [0, 0.05) is 5.02 Å². The average molecular weight is 377 g/mol. The number of hydrogen-bond donors (Lipinski definition) is 1. The largest absolute Gasteiger partial charge is 0.492 e. The maximum Gasteiger partial charge on any atom is 0.287 e. The molecular formula is C14H12Cl3N3O3. The third-order valence-electron chi connectivity index (χ3n) is 2.74. The molecule has 1 N–H and O–H groups in total. The van der Waals surface area contributed by atoms with Crippen LogP contribution >= 0.6 is 34.8 Å². The zero-order chi connectivity index (χ0) is 16.8. The molecule has 0 unspecified atom stereocenters. The summed E-state index contributed by atoms with van der Waals surface area (Å²) < 4.78 is 6.36. The van der Waals surface area contributed by atoms with Crippen molar-refractivity contribution in [2.24, 2.45) is 0 Å². The molecule has 2 rings (SSSR count). The Morgan fingerprint density at radius 1 is 1.22 bits per heavy atom. The van der Waals surface area contributed by atoms with E-state index in [-0.39, 0.29) is 29.7 Å². The minimum Gasteiger partial charge on any atom is -0.492 e. The zero-order valence-electron chi connectivity index (χ0n) is 11.8. The Morgan fingerprint density at radius 2 is 1.91 bits per heavy atom. The van der Waals surface area contributed by atoms with E-state index in [0.717, 1.165) is 4.68 Å². The van der Waals surface area contributed by atoms with Crippen molar-refractivity contribution >= 4 is 40.7 Å². The molecule has 0 fully saturated rings. The molecule has 1 aromatic heterocycles. The van der Waals surface area contributed by atoms with Crippen LogP contribution in [-0.4, -0.2) is 28.8 Å². The SMILES string of the molecule is O=C(Cn1ncc(Cl)c(Cl)c1=O)NCCOc1ccc(Cl)cc1. The number of nitrogens with zero attached hydrogens (tertiary/aromatic N) is 2. The summed E-state index contributed by atoms with van der Waals surface area (Å²) in [6.45, 7) is 0.297. The molecular weight excluding hydrogens is 365 g/mol. The third kappa shape index (κ3) is 5.13. The lowest BCUT2D eigenvalue weighted by Gasteiger charge is -2.09. The number of ether oxygens (including phenoxy) is 1. The van der Waals surface area contributed by atoms with Crippen LogP contribution in [0.2, 0.25) is 15.1 Å². The van der Waals surface area contributed by atoms with Crippen LogP contribution in [0.1, 0.15) is 0 Å². The van der Waals surface area contributed by atoms with Gasteiger partial charge in [0.1, 0.15) is 23.9 Å². The predicted octanol–water partition coefficient (Wildman–Crippen LogP) is 2.40. The highest BCUT2D eigenvalue weighted by molar-refractivity contribution is 6.41. The van der Waals surface area contributed by atoms with Crippen molar-refractivity contribution in [3.8, 4) is 5.75 Å². The molecule has 122 valence electrons. The van der Waals surface area contributed by atoms with Crippen LogP contribution in [-0.2, 0) is 11.3 Å². The van der Waals surface area contributed by atoms with Crippen LogP contribution in [0.3, 0.4) is 0 Å². The quantitative estimate of drug-likeness (QED) is 0.786. The van der Waals surface area contributed by atoms with Gasteiger partial charge in [-0.1, -0.05) is 34.8 Å². The first-order valence-electron chi connectivity index (χ1n) is 6.53. The van der Waals surface area contributed by atoms with Gasteiger partial charge in [-0.3, -0.25) is 9.59 Å². The van der Waals surface area contributed by atoms with Gasteiger partial charge in [0.15, 0.2) is 0 Å². The minimum absolute atomic E-state index is 0.0460. The highest BCUT2D eigenvalue weighted by Crippen LogP contribution is 2.15. The summed E-state index contributed by atoms with van der Waals surface area (Å²) in [6, 6.07) is 6.86. The molecule has 0 aliphatic carbocycles. The topological polar surface area (TPSA) is 73.2 Å². The van der Waals surface area contributed by atoms with E-state index >= 15 is 0 Å². The number of halogens is 3. The molecule has 0 aliphatic rings. The summed E-state index contributed by atoms with van der Waals surface area (Å²) in [5.74, 6) is 0.253. The summed E-state index contributed by atoms with van der Waals surface area (Å²) in [6.07, 6.45) is 1.21. The van der Waals surface area contributed by atoms with Gasteiger partial charge in [-0.2, -0.15) is 5.10 Å². The Labute approximate surface area is 146 Å². The Kier molecular flexibility index (Phi) is 6.27. The average Bonchev–Trinajstić information content (AvgIpc) is 2.54. The molecule has 0 spiro atoms. The van der Waals surface area contributed by atoms with E-state index in [0.29, 0.717) is 10.8 Å². The van der Waals surface area contributed by atoms with Crippen molar-refractivity contribution in [2.45, 2.75) is 6.54 Å². The first-order valence-corrected chi connectivity index (χ1v) is 7.67. The van der Waals surface area contributed by atoms with E-state index < -0.39 is 11.5 Å². The lowest BCUT2D eigenvalue weighted by molar-refractivity contribution is -0.122. The Bertz CT molecular complexity index is 747. The van der Waals surface area contributed by atoms with Gasteiger partial charge in [-0.25, -0.2) is 4.68 Å². The van der Waals surface area contributed by atoms with Crippen molar-refractivity contribution in [2.75, 3.05) is 13.2 Å². The van der Waals surface area contributed by atoms with E-state index in [4.69, 9.17) is 39.5 Å². The van der Waals surface area contributed by atoms with E-state index in [9.17, 15) is 9.59 Å². The fraction of sp³-hybridized carbons (Fsp3) is 0.214. The van der Waals surface area contributed by atoms with Gasteiger partial charge in [0.05, 0.1) is 17.8 Å². The molecule has 2 aromatic rings. The van der Waals surface area contributed by atoms with Crippen molar-refractivity contribution in [1.82, 2.24) is 15.1 Å². The van der Waals surface area contributed by atoms with Gasteiger partial charge >= 0.3 is 0 Å². The van der Waals surface area contributed by atoms with Gasteiger partial charge in [-0.05, 0) is 24.3 Å². The summed E-state index contributed by atoms with van der Waals surface area (Å²) in [7, 11) is 0. The van der Waals surface area contributed by atoms with Crippen LogP contribution in [0.15, 0.2) is 35.3 Å². The molecule has 0 aliphatic heterocycles. The molecule has 23 heavy (non-hydrogen) atoms. The lowest BCUT2D eigenvalue weighted by Crippen LogP contribution is -2.35. The molecule has 0 bridgehead atoms. The van der Waals surface area contributed by atoms with Crippen LogP contribution in [0.25, 0.3) is 0 Å². The van der Waals surface area contributed by atoms with Crippen molar-refractivity contribution in [3.63, 3.8) is 0 Å². The maximum absolute atomic E-state index is 11.8. The monoisotopic (exact) mass is 375 g/mol. The smallest absolute Gasteiger partial charge is 0.287 e. The highest BCUT2D eigenvalue weighted by Gasteiger charge is 2.10. The number of amides is 1. The Hall–Kier alpha value is -1.76. The van der Waals surface area contributed by atoms with Crippen molar-refractivity contribution in [1.29, 1.82) is 0 Å². The molecule has 0 radical (unpaired) electrons. The number of aromatic nitrogens is 2. The number of rotatable bonds is 6. The summed E-state index contributed by atoms with van der Waals surface area (Å²) in [5, 5.41) is 6.85. The van der Waals surface area contributed by atoms with Gasteiger partial charge < -0.3 is 10.1 Å². The Balaban J connectivity index is 1.78. The van der Waals surface area contributed by atoms with Crippen LogP contribution < -0.4 is 15.6 Å². The molecule has 6 nitrogen and oxygen atoms in total. The highest BCUT2D eigenvalue weighted by atomic mass is 35.5. The van der Waals surface area contributed by atoms with E-state index in [1.54, 1.807) is 24.3 Å². The second-order valence-corrected chi connectivity index (χ2v) is 5.64. The van der Waals surface area contributed by atoms with Gasteiger partial charge in [0.2, 0.25) is 5.91 Å². The number of carbonyl (C=O) groups is 1. The normalized spacial score (nSPS) is 10.4. The first-order chi connectivity index (χ1) is 11.0. The minimum atomic E-state index is -0.619. The molecule has 0 atom stereocenters. The van der Waals surface area contributed by atoms with Crippen LogP contribution in [0, 0.1) is 0 Å². The number of carbonyl (C=O) groups excluding carboxylic acids is 1. The second-order valence-electron chi connectivity index (χ2n) is 4.42. The van der Waals surface area contributed by atoms with E-state index in [2.05, 4.69) is 10.4 Å². The fourth-order valence-corrected chi connectivity index (χ4v) is 2.04. The third-order valence-corrected chi connectivity index (χ3v) is 3.74. The van der Waals surface area contributed by atoms with Gasteiger partial charge in [0.25, 0.3) is 5.56 Å². The number of benzene rings is 1. The zero-order valence-corrected chi connectivity index (χ0v) is 14.0. The molecule has 9 heteroatoms. The van der Waals surface area contributed by atoms with Gasteiger partial charge in [-0.15, -0.1) is 0 Å². The standard InChI is InChI=1S/C14H12Cl3N3O3/c15-9-1-3-10(4-2-9)23-6-5-18-12(21)8-20-14(22)13(17)11(16)7-19-20/h1-4,7H,5-6,8H2,(H,18,21). The summed E-state index contributed by atoms with van der Waals surface area (Å²) in [4.78, 5) is 23.5. The molecule has 0 saturated carbocycles. The second kappa shape index (κ2) is 8.19. The fourth-order valence-electron chi connectivity index (χ4n) is 1.64. The maximum atomic E-state index is 11.8. The van der Waals surface area contributed by atoms with Crippen LogP contribution in [0.4, 0.5) is 0 Å². The predicted molar refractivity (Wildman–Crippen MR) is 88.5 cm³/mol. The molecule has 0 saturated heterocycles. The summed E-state index contributed by atoms with van der Waals surface area (Å²) in [5.41, 5.74) is -0.619. The molecule has 1 heterocycles. The van der Waals surface area contributed by atoms with E-state index in [1.807, 2.05) is 0 Å². The summed E-state index contributed by atoms with van der Waals surface area (Å²) >= 11 is 17.1. The molecule has 1 amide bonds. The number of nitrogens with one attached hydrogen (secondary N) is 1. The van der Waals surface area contributed by atoms with E-state index in [1.165, 1.54) is 6.20 Å². The van der Waals surface area contributed by atoms with Crippen molar-refractivity contribution in [3.05, 3.63) is 55.9 Å². The lowest BCUT2D eigenvalue weighted by atomic mass is 10.3. The van der Waals surface area contributed by atoms with Crippen LogP contribution in [0.5, 0.6) is 5.75 Å². The Morgan fingerprint density at radius 3 is 2.61 bits per heavy atom. The van der Waals surface area contributed by atoms with Crippen molar-refractivity contribution < 1.29 is 9.53 Å². The molecule has 1 aromatic carbocycles. The first kappa shape index (κ1) is 17.6.